The molecule has 0 aliphatic heterocycles. The smallest absolute Gasteiger partial charge is 0.548 e. The number of amides is 1. The van der Waals surface area contributed by atoms with Gasteiger partial charge < -0.3 is 14.8 Å². The first kappa shape index (κ1) is 18.1. The third-order valence-electron chi connectivity index (χ3n) is 1.98. The molecule has 0 heterocycles. The van der Waals surface area contributed by atoms with Gasteiger partial charge >= 0.3 is 29.6 Å². The Morgan fingerprint density at radius 2 is 1.94 bits per heavy atom. The van der Waals surface area contributed by atoms with Gasteiger partial charge in [0.2, 0.25) is 5.91 Å². The van der Waals surface area contributed by atoms with E-state index in [9.17, 15) is 14.7 Å². The number of hydrogen-bond acceptors (Lipinski definition) is 3. The number of carbonyl (C=O) groups excluding carboxylic acids is 2. The van der Waals surface area contributed by atoms with E-state index in [1.807, 2.05) is 0 Å². The van der Waals surface area contributed by atoms with Gasteiger partial charge in [0.15, 0.2) is 0 Å². The SMILES string of the molecule is CCCCC/C=C/C(=O)N(C)CC(=O)[O-].[Na+]. The minimum absolute atomic E-state index is 0. The Kier molecular flexibility index (Phi) is 12.6. The van der Waals surface area contributed by atoms with Gasteiger partial charge in [-0.25, -0.2) is 0 Å². The fraction of sp³-hybridized carbons (Fsp3) is 0.636. The van der Waals surface area contributed by atoms with Gasteiger partial charge in [0.25, 0.3) is 0 Å². The fourth-order valence-corrected chi connectivity index (χ4v) is 1.10. The number of likely N-dealkylation sites (N-methyl/N-ethyl adjacent to an activating group) is 1. The summed E-state index contributed by atoms with van der Waals surface area (Å²) >= 11 is 0. The van der Waals surface area contributed by atoms with Crippen LogP contribution in [0.2, 0.25) is 0 Å². The average Bonchev–Trinajstić information content (AvgIpc) is 2.16. The molecule has 0 rings (SSSR count). The maximum absolute atomic E-state index is 11.3. The minimum Gasteiger partial charge on any atom is -0.548 e. The van der Waals surface area contributed by atoms with Crippen LogP contribution in [0.15, 0.2) is 12.2 Å². The fourth-order valence-electron chi connectivity index (χ4n) is 1.10. The number of carboxylic acids is 1. The predicted molar refractivity (Wildman–Crippen MR) is 55.9 cm³/mol. The molecule has 4 nitrogen and oxygen atoms in total. The van der Waals surface area contributed by atoms with Gasteiger partial charge in [-0.1, -0.05) is 25.8 Å². The molecule has 5 heteroatoms. The number of carboxylic acid groups (broad SMARTS) is 1. The molecule has 0 saturated heterocycles. The van der Waals surface area contributed by atoms with Crippen LogP contribution in [-0.2, 0) is 9.59 Å². The Hall–Kier alpha value is -0.320. The average molecular weight is 235 g/mol. The molecular formula is C11H18NNaO3. The summed E-state index contributed by atoms with van der Waals surface area (Å²) in [6.07, 6.45) is 7.41. The number of rotatable bonds is 7. The number of aliphatic carboxylic acids is 1. The molecule has 0 aromatic heterocycles. The summed E-state index contributed by atoms with van der Waals surface area (Å²) in [5.41, 5.74) is 0. The first-order valence-electron chi connectivity index (χ1n) is 5.19. The van der Waals surface area contributed by atoms with Gasteiger partial charge in [-0.05, 0) is 18.9 Å². The molecule has 1 amide bonds. The molecule has 0 spiro atoms. The molecule has 0 aliphatic rings. The van der Waals surface area contributed by atoms with Crippen LogP contribution in [0.1, 0.15) is 32.6 Å². The molecule has 0 aromatic rings. The molecule has 0 saturated carbocycles. The van der Waals surface area contributed by atoms with Crippen LogP contribution in [0, 0.1) is 0 Å². The number of hydrogen-bond donors (Lipinski definition) is 0. The zero-order valence-corrected chi connectivity index (χ0v) is 12.4. The third kappa shape index (κ3) is 10.2. The monoisotopic (exact) mass is 235 g/mol. The summed E-state index contributed by atoms with van der Waals surface area (Å²) in [5.74, 6) is -1.54. The van der Waals surface area contributed by atoms with Crippen molar-refractivity contribution in [2.24, 2.45) is 0 Å². The summed E-state index contributed by atoms with van der Waals surface area (Å²) in [6.45, 7) is 1.75. The Labute approximate surface area is 119 Å². The first-order chi connectivity index (χ1) is 7.07. The molecule has 86 valence electrons. The molecule has 0 aromatic carbocycles. The Morgan fingerprint density at radius 3 is 2.44 bits per heavy atom. The van der Waals surface area contributed by atoms with Gasteiger partial charge in [-0.2, -0.15) is 0 Å². The second-order valence-electron chi connectivity index (χ2n) is 3.46. The van der Waals surface area contributed by atoms with Crippen molar-refractivity contribution in [1.29, 1.82) is 0 Å². The Bertz CT molecular complexity index is 241. The normalized spacial score (nSPS) is 9.88. The van der Waals surface area contributed by atoms with Crippen molar-refractivity contribution in [3.63, 3.8) is 0 Å². The first-order valence-corrected chi connectivity index (χ1v) is 5.19. The number of unbranched alkanes of at least 4 members (excludes halogenated alkanes) is 3. The Balaban J connectivity index is 0. The zero-order valence-electron chi connectivity index (χ0n) is 10.4. The summed E-state index contributed by atoms with van der Waals surface area (Å²) < 4.78 is 0. The van der Waals surface area contributed by atoms with Crippen LogP contribution in [-0.4, -0.2) is 30.4 Å². The van der Waals surface area contributed by atoms with Gasteiger partial charge in [-0.3, -0.25) is 4.79 Å². The predicted octanol–water partition coefficient (Wildman–Crippen LogP) is -2.66. The molecule has 0 fully saturated rings. The zero-order chi connectivity index (χ0) is 11.7. The Morgan fingerprint density at radius 1 is 1.31 bits per heavy atom. The molecule has 16 heavy (non-hydrogen) atoms. The number of nitrogens with zero attached hydrogens (tertiary/aromatic N) is 1. The molecule has 0 radical (unpaired) electrons. The molecule has 0 aliphatic carbocycles. The molecule has 0 atom stereocenters. The largest absolute Gasteiger partial charge is 1.00 e. The van der Waals surface area contributed by atoms with Crippen molar-refractivity contribution in [1.82, 2.24) is 4.90 Å². The van der Waals surface area contributed by atoms with Crippen molar-refractivity contribution < 1.29 is 44.3 Å². The van der Waals surface area contributed by atoms with Crippen LogP contribution in [0.3, 0.4) is 0 Å². The van der Waals surface area contributed by atoms with Gasteiger partial charge in [0.05, 0.1) is 12.5 Å². The number of carbonyl (C=O) groups is 2. The van der Waals surface area contributed by atoms with Gasteiger partial charge in [0.1, 0.15) is 0 Å². The van der Waals surface area contributed by atoms with E-state index in [1.165, 1.54) is 13.1 Å². The van der Waals surface area contributed by atoms with Gasteiger partial charge in [0, 0.05) is 7.05 Å². The van der Waals surface area contributed by atoms with E-state index >= 15 is 0 Å². The van der Waals surface area contributed by atoms with E-state index < -0.39 is 5.97 Å². The van der Waals surface area contributed by atoms with E-state index in [-0.39, 0.29) is 42.0 Å². The van der Waals surface area contributed by atoms with E-state index in [2.05, 4.69) is 6.92 Å². The van der Waals surface area contributed by atoms with Crippen LogP contribution >= 0.6 is 0 Å². The van der Waals surface area contributed by atoms with Crippen LogP contribution < -0.4 is 34.7 Å². The quantitative estimate of drug-likeness (QED) is 0.275. The maximum Gasteiger partial charge on any atom is 1.00 e. The molecular weight excluding hydrogens is 217 g/mol. The van der Waals surface area contributed by atoms with Crippen molar-refractivity contribution in [2.45, 2.75) is 32.6 Å². The maximum atomic E-state index is 11.3. The van der Waals surface area contributed by atoms with Crippen LogP contribution in [0.5, 0.6) is 0 Å². The molecule has 0 unspecified atom stereocenters. The second kappa shape index (κ2) is 11.2. The summed E-state index contributed by atoms with van der Waals surface area (Å²) in [6, 6.07) is 0. The van der Waals surface area contributed by atoms with Crippen LogP contribution in [0.4, 0.5) is 0 Å². The van der Waals surface area contributed by atoms with E-state index in [0.717, 1.165) is 30.6 Å². The van der Waals surface area contributed by atoms with Gasteiger partial charge in [-0.15, -0.1) is 0 Å². The van der Waals surface area contributed by atoms with Crippen molar-refractivity contribution in [3.05, 3.63) is 12.2 Å². The van der Waals surface area contributed by atoms with Crippen molar-refractivity contribution >= 4 is 11.9 Å². The summed E-state index contributed by atoms with van der Waals surface area (Å²) in [4.78, 5) is 22.6. The standard InChI is InChI=1S/C11H19NO3.Na/c1-3-4-5-6-7-8-10(13)12(2)9-11(14)15;/h7-8H,3-6,9H2,1-2H3,(H,14,15);/q;+1/p-1/b8-7+;. The van der Waals surface area contributed by atoms with Crippen LogP contribution in [0.25, 0.3) is 0 Å². The van der Waals surface area contributed by atoms with E-state index in [0.29, 0.717) is 0 Å². The summed E-state index contributed by atoms with van der Waals surface area (Å²) in [7, 11) is 1.44. The third-order valence-corrected chi connectivity index (χ3v) is 1.98. The summed E-state index contributed by atoms with van der Waals surface area (Å²) in [5, 5.41) is 10.2. The number of allylic oxidation sites excluding steroid dienone is 1. The van der Waals surface area contributed by atoms with E-state index in [1.54, 1.807) is 6.08 Å². The topological polar surface area (TPSA) is 60.4 Å². The molecule has 0 bridgehead atoms. The molecule has 0 N–H and O–H groups in total. The minimum atomic E-state index is -1.25. The second-order valence-corrected chi connectivity index (χ2v) is 3.46. The van der Waals surface area contributed by atoms with E-state index in [4.69, 9.17) is 0 Å². The van der Waals surface area contributed by atoms with Crippen molar-refractivity contribution in [3.8, 4) is 0 Å². The van der Waals surface area contributed by atoms with Crippen molar-refractivity contribution in [2.75, 3.05) is 13.6 Å².